The van der Waals surface area contributed by atoms with Gasteiger partial charge in [-0.3, -0.25) is 14.4 Å². The van der Waals surface area contributed by atoms with Crippen LogP contribution in [0.1, 0.15) is 23.2 Å². The van der Waals surface area contributed by atoms with E-state index in [1.807, 2.05) is 9.80 Å². The molecule has 4 rings (SSSR count). The highest BCUT2D eigenvalue weighted by atomic mass is 16.5. The molecule has 0 bridgehead atoms. The molecule has 0 saturated carbocycles. The van der Waals surface area contributed by atoms with Gasteiger partial charge < -0.3 is 14.5 Å². The van der Waals surface area contributed by atoms with Gasteiger partial charge in [0.25, 0.3) is 17.7 Å². The first-order valence-corrected chi connectivity index (χ1v) is 8.97. The van der Waals surface area contributed by atoms with Gasteiger partial charge in [0.05, 0.1) is 18.9 Å². The molecule has 136 valence electrons. The molecule has 0 N–H and O–H groups in total. The number of morpholine rings is 1. The van der Waals surface area contributed by atoms with Crippen LogP contribution in [-0.4, -0.2) is 66.9 Å². The molecule has 2 saturated heterocycles. The van der Waals surface area contributed by atoms with Crippen LogP contribution in [0.4, 0.5) is 5.69 Å². The molecule has 0 radical (unpaired) electrons. The Kier molecular flexibility index (Phi) is 4.46. The van der Waals surface area contributed by atoms with E-state index in [2.05, 4.69) is 0 Å². The van der Waals surface area contributed by atoms with Gasteiger partial charge in [0.2, 0.25) is 0 Å². The van der Waals surface area contributed by atoms with Crippen molar-refractivity contribution < 1.29 is 19.1 Å². The number of hydrogen-bond acceptors (Lipinski definition) is 5. The Morgan fingerprint density at radius 1 is 0.923 bits per heavy atom. The van der Waals surface area contributed by atoms with Crippen molar-refractivity contribution in [1.82, 2.24) is 9.80 Å². The molecule has 1 aromatic rings. The van der Waals surface area contributed by atoms with Crippen LogP contribution in [-0.2, 0) is 14.3 Å². The zero-order valence-electron chi connectivity index (χ0n) is 14.5. The van der Waals surface area contributed by atoms with Crippen LogP contribution in [0.3, 0.4) is 0 Å². The van der Waals surface area contributed by atoms with Crippen molar-refractivity contribution in [2.24, 2.45) is 0 Å². The average molecular weight is 355 g/mol. The molecule has 1 aromatic carbocycles. The normalized spacial score (nSPS) is 20.8. The summed E-state index contributed by atoms with van der Waals surface area (Å²) >= 11 is 0. The summed E-state index contributed by atoms with van der Waals surface area (Å²) in [6.07, 6.45) is 3.46. The van der Waals surface area contributed by atoms with Crippen molar-refractivity contribution in [2.45, 2.75) is 12.8 Å². The molecular weight excluding hydrogens is 334 g/mol. The third kappa shape index (κ3) is 2.99. The van der Waals surface area contributed by atoms with Crippen molar-refractivity contribution in [2.75, 3.05) is 44.3 Å². The van der Waals surface area contributed by atoms with Crippen molar-refractivity contribution in [3.05, 3.63) is 41.6 Å². The molecule has 26 heavy (non-hydrogen) atoms. The van der Waals surface area contributed by atoms with Crippen LogP contribution >= 0.6 is 0 Å². The van der Waals surface area contributed by atoms with Crippen LogP contribution in [0.25, 0.3) is 0 Å². The lowest BCUT2D eigenvalue weighted by atomic mass is 10.1. The van der Waals surface area contributed by atoms with Crippen LogP contribution in [0, 0.1) is 0 Å². The molecule has 3 aliphatic heterocycles. The molecule has 0 atom stereocenters. The van der Waals surface area contributed by atoms with E-state index in [0.717, 1.165) is 30.8 Å². The predicted octanol–water partition coefficient (Wildman–Crippen LogP) is 1.01. The summed E-state index contributed by atoms with van der Waals surface area (Å²) in [5.41, 5.74) is 1.48. The number of rotatable bonds is 3. The zero-order valence-corrected chi connectivity index (χ0v) is 14.5. The number of nitrogens with zero attached hydrogens (tertiary/aromatic N) is 3. The van der Waals surface area contributed by atoms with Gasteiger partial charge >= 0.3 is 0 Å². The first kappa shape index (κ1) is 16.8. The Morgan fingerprint density at radius 2 is 1.58 bits per heavy atom. The monoisotopic (exact) mass is 355 g/mol. The quantitative estimate of drug-likeness (QED) is 0.757. The van der Waals surface area contributed by atoms with E-state index in [1.54, 1.807) is 24.3 Å². The molecule has 0 aromatic heterocycles. The predicted molar refractivity (Wildman–Crippen MR) is 94.5 cm³/mol. The first-order chi connectivity index (χ1) is 12.6. The van der Waals surface area contributed by atoms with Gasteiger partial charge in [0, 0.05) is 37.8 Å². The maximum Gasteiger partial charge on any atom is 0.281 e. The maximum absolute atomic E-state index is 12.7. The highest BCUT2D eigenvalue weighted by Crippen LogP contribution is 2.25. The highest BCUT2D eigenvalue weighted by molar-refractivity contribution is 6.30. The Labute approximate surface area is 151 Å². The molecule has 3 aliphatic rings. The average Bonchev–Trinajstić information content (AvgIpc) is 3.30. The number of carbonyl (C=O) groups excluding carboxylic acids is 3. The van der Waals surface area contributed by atoms with Gasteiger partial charge in [-0.05, 0) is 37.1 Å². The molecule has 2 fully saturated rings. The van der Waals surface area contributed by atoms with Crippen LogP contribution < -0.4 is 4.90 Å². The number of carbonyl (C=O) groups is 3. The molecule has 3 amide bonds. The minimum atomic E-state index is -0.352. The minimum Gasteiger partial charge on any atom is -0.378 e. The molecule has 0 unspecified atom stereocenters. The third-order valence-electron chi connectivity index (χ3n) is 5.02. The van der Waals surface area contributed by atoms with Gasteiger partial charge in [0.15, 0.2) is 0 Å². The summed E-state index contributed by atoms with van der Waals surface area (Å²) in [5, 5.41) is 0. The van der Waals surface area contributed by atoms with Crippen molar-refractivity contribution in [3.8, 4) is 0 Å². The fourth-order valence-electron chi connectivity index (χ4n) is 3.59. The van der Waals surface area contributed by atoms with Gasteiger partial charge in [0.1, 0.15) is 5.70 Å². The van der Waals surface area contributed by atoms with E-state index in [1.165, 1.54) is 6.08 Å². The Morgan fingerprint density at radius 3 is 2.23 bits per heavy atom. The van der Waals surface area contributed by atoms with Crippen LogP contribution in [0.15, 0.2) is 36.0 Å². The molecule has 0 spiro atoms. The Hall–Kier alpha value is -2.67. The summed E-state index contributed by atoms with van der Waals surface area (Å²) in [6, 6.07) is 6.69. The number of hydrogen-bond donors (Lipinski definition) is 0. The summed E-state index contributed by atoms with van der Waals surface area (Å²) in [7, 11) is 0. The van der Waals surface area contributed by atoms with Gasteiger partial charge in [-0.1, -0.05) is 0 Å². The zero-order chi connectivity index (χ0) is 18.1. The lowest BCUT2D eigenvalue weighted by Gasteiger charge is -2.29. The number of ether oxygens (including phenoxy) is 1. The molecule has 0 aliphatic carbocycles. The number of benzene rings is 1. The van der Waals surface area contributed by atoms with Gasteiger partial charge in [-0.25, -0.2) is 4.90 Å². The van der Waals surface area contributed by atoms with E-state index in [9.17, 15) is 14.4 Å². The number of likely N-dealkylation sites (tertiary alicyclic amines) is 1. The fraction of sp³-hybridized carbons (Fsp3) is 0.421. The van der Waals surface area contributed by atoms with E-state index in [4.69, 9.17) is 4.74 Å². The van der Waals surface area contributed by atoms with Crippen molar-refractivity contribution >= 4 is 23.4 Å². The van der Waals surface area contributed by atoms with Crippen molar-refractivity contribution in [1.29, 1.82) is 0 Å². The second kappa shape index (κ2) is 6.92. The smallest absolute Gasteiger partial charge is 0.281 e. The molecular formula is C19H21N3O4. The summed E-state index contributed by atoms with van der Waals surface area (Å²) in [5.74, 6) is -0.675. The SMILES string of the molecule is O=C(c1ccc(N2C(=O)C=C(N3CCOCC3)C2=O)cc1)N1CCCC1. The topological polar surface area (TPSA) is 70.2 Å². The Balaban J connectivity index is 1.50. The fourth-order valence-corrected chi connectivity index (χ4v) is 3.59. The molecule has 7 heteroatoms. The lowest BCUT2D eigenvalue weighted by Crippen LogP contribution is -2.40. The third-order valence-corrected chi connectivity index (χ3v) is 5.02. The summed E-state index contributed by atoms with van der Waals surface area (Å²) in [6.45, 7) is 3.87. The standard InChI is InChI=1S/C19H21N3O4/c23-17-13-16(20-9-11-26-12-10-20)19(25)22(17)15-5-3-14(4-6-15)18(24)21-7-1-2-8-21/h3-6,13H,1-2,7-12H2. The van der Waals surface area contributed by atoms with E-state index in [-0.39, 0.29) is 17.7 Å². The minimum absolute atomic E-state index is 0.000237. The lowest BCUT2D eigenvalue weighted by molar-refractivity contribution is -0.121. The Bertz CT molecular complexity index is 759. The number of amides is 3. The van der Waals surface area contributed by atoms with Gasteiger partial charge in [-0.2, -0.15) is 0 Å². The number of anilines is 1. The van der Waals surface area contributed by atoms with Crippen LogP contribution in [0.2, 0.25) is 0 Å². The van der Waals surface area contributed by atoms with E-state index < -0.39 is 0 Å². The van der Waals surface area contributed by atoms with Crippen LogP contribution in [0.5, 0.6) is 0 Å². The summed E-state index contributed by atoms with van der Waals surface area (Å²) in [4.78, 5) is 42.4. The van der Waals surface area contributed by atoms with Gasteiger partial charge in [-0.15, -0.1) is 0 Å². The van der Waals surface area contributed by atoms with Crippen molar-refractivity contribution in [3.63, 3.8) is 0 Å². The molecule has 7 nitrogen and oxygen atoms in total. The highest BCUT2D eigenvalue weighted by Gasteiger charge is 2.35. The molecule has 3 heterocycles. The van der Waals surface area contributed by atoms with E-state index in [0.29, 0.717) is 43.3 Å². The number of imide groups is 1. The largest absolute Gasteiger partial charge is 0.378 e. The second-order valence-electron chi connectivity index (χ2n) is 6.65. The first-order valence-electron chi connectivity index (χ1n) is 8.97. The summed E-state index contributed by atoms with van der Waals surface area (Å²) < 4.78 is 5.30. The second-order valence-corrected chi connectivity index (χ2v) is 6.65. The maximum atomic E-state index is 12.7. The van der Waals surface area contributed by atoms with E-state index >= 15 is 0 Å².